The summed E-state index contributed by atoms with van der Waals surface area (Å²) in [7, 11) is 0. The molecule has 2 aliphatic carbocycles. The lowest BCUT2D eigenvalue weighted by atomic mass is 9.33. The quantitative estimate of drug-likeness (QED) is 0.154. The molecule has 0 saturated carbocycles. The van der Waals surface area contributed by atoms with Crippen molar-refractivity contribution in [3.05, 3.63) is 203 Å². The average Bonchev–Trinajstić information content (AvgIpc) is 3.55. The van der Waals surface area contributed by atoms with Gasteiger partial charge in [-0.05, 0) is 206 Å². The van der Waals surface area contributed by atoms with Gasteiger partial charge in [0.1, 0.15) is 0 Å². The number of rotatable bonds is 6. The van der Waals surface area contributed by atoms with Crippen LogP contribution in [-0.2, 0) is 27.1 Å². The molecular weight excluding hydrogens is 882 g/mol. The van der Waals surface area contributed by atoms with E-state index in [1.165, 1.54) is 113 Å². The maximum atomic E-state index is 2.74. The summed E-state index contributed by atoms with van der Waals surface area (Å²) in [5, 5.41) is 0. The van der Waals surface area contributed by atoms with E-state index in [-0.39, 0.29) is 33.8 Å². The molecule has 2 heterocycles. The molecular formula is C69H72BN3. The Morgan fingerprint density at radius 3 is 1.47 bits per heavy atom. The van der Waals surface area contributed by atoms with Crippen molar-refractivity contribution in [1.29, 1.82) is 0 Å². The second kappa shape index (κ2) is 16.4. The fourth-order valence-corrected chi connectivity index (χ4v) is 13.8. The van der Waals surface area contributed by atoms with E-state index in [0.29, 0.717) is 0 Å². The van der Waals surface area contributed by atoms with Gasteiger partial charge < -0.3 is 14.7 Å². The predicted octanol–water partition coefficient (Wildman–Crippen LogP) is 17.1. The summed E-state index contributed by atoms with van der Waals surface area (Å²) in [5.41, 5.74) is 27.4. The highest BCUT2D eigenvalue weighted by Crippen LogP contribution is 2.55. The molecule has 0 atom stereocenters. The Bertz CT molecular complexity index is 3460. The fraction of sp³-hybridized carbons (Fsp3) is 0.304. The van der Waals surface area contributed by atoms with Gasteiger partial charge in [0, 0.05) is 51.2 Å². The van der Waals surface area contributed by atoms with Gasteiger partial charge in [0.05, 0.1) is 0 Å². The van der Waals surface area contributed by atoms with E-state index in [0.717, 1.165) is 23.5 Å². The molecule has 73 heavy (non-hydrogen) atoms. The number of nitrogens with zero attached hydrogens (tertiary/aromatic N) is 3. The lowest BCUT2D eigenvalue weighted by Crippen LogP contribution is -2.62. The van der Waals surface area contributed by atoms with E-state index < -0.39 is 0 Å². The fourth-order valence-electron chi connectivity index (χ4n) is 13.8. The molecule has 0 radical (unpaired) electrons. The standard InChI is InChI=1S/C69H72BN3/c1-44-35-47(46-23-17-14-18-24-46)29-31-58(44)72-59-32-30-51(71(49-25-19-15-20-26-49)50-27-21-16-22-28-50)39-56(59)70-57-40-53-55(69(12,13)43-68(53,10)11)42-61(57)73(63-38-48(65(3,4)5)37-62(72)64(63)70)60-41-54-52(36-45(60)2)66(6,7)33-34-67(54,8)9/h14-32,35-42H,33-34,43H2,1-13H3. The molecule has 0 amide bonds. The molecule has 0 saturated heterocycles. The second-order valence-corrected chi connectivity index (χ2v) is 25.8. The molecule has 4 heteroatoms. The number of hydrogen-bond donors (Lipinski definition) is 0. The summed E-state index contributed by atoms with van der Waals surface area (Å²) < 4.78 is 0. The Kier molecular flexibility index (Phi) is 10.6. The highest BCUT2D eigenvalue weighted by atomic mass is 15.2. The summed E-state index contributed by atoms with van der Waals surface area (Å²) in [6, 6.07) is 62.8. The topological polar surface area (TPSA) is 9.72 Å². The van der Waals surface area contributed by atoms with Crippen LogP contribution < -0.4 is 31.1 Å². The molecule has 0 unspecified atom stereocenters. The summed E-state index contributed by atoms with van der Waals surface area (Å²) in [5.74, 6) is 0. The second-order valence-electron chi connectivity index (χ2n) is 25.8. The first-order chi connectivity index (χ1) is 34.6. The zero-order valence-electron chi connectivity index (χ0n) is 45.6. The minimum atomic E-state index is -0.137. The molecule has 12 rings (SSSR count). The van der Waals surface area contributed by atoms with E-state index in [9.17, 15) is 0 Å². The molecule has 0 bridgehead atoms. The number of benzene rings is 8. The minimum Gasteiger partial charge on any atom is -0.311 e. The van der Waals surface area contributed by atoms with Crippen molar-refractivity contribution in [3.63, 3.8) is 0 Å². The van der Waals surface area contributed by atoms with E-state index in [1.807, 2.05) is 0 Å². The van der Waals surface area contributed by atoms with Crippen LogP contribution in [0.3, 0.4) is 0 Å². The summed E-state index contributed by atoms with van der Waals surface area (Å²) in [4.78, 5) is 7.82. The molecule has 0 N–H and O–H groups in total. The molecule has 8 aromatic carbocycles. The van der Waals surface area contributed by atoms with Crippen LogP contribution >= 0.6 is 0 Å². The van der Waals surface area contributed by atoms with Crippen molar-refractivity contribution in [2.75, 3.05) is 14.7 Å². The molecule has 0 aromatic heterocycles. The monoisotopic (exact) mass is 954 g/mol. The Hall–Kier alpha value is -6.78. The minimum absolute atomic E-state index is 0.00957. The average molecular weight is 954 g/mol. The van der Waals surface area contributed by atoms with Crippen LogP contribution in [0.25, 0.3) is 11.1 Å². The zero-order chi connectivity index (χ0) is 51.1. The first kappa shape index (κ1) is 47.2. The van der Waals surface area contributed by atoms with Crippen LogP contribution in [0.5, 0.6) is 0 Å². The van der Waals surface area contributed by atoms with Crippen molar-refractivity contribution >= 4 is 74.3 Å². The van der Waals surface area contributed by atoms with Crippen LogP contribution in [0.4, 0.5) is 51.2 Å². The molecule has 0 fully saturated rings. The third-order valence-electron chi connectivity index (χ3n) is 17.6. The first-order valence-electron chi connectivity index (χ1n) is 27.0. The van der Waals surface area contributed by atoms with Gasteiger partial charge in [-0.3, -0.25) is 0 Å². The molecule has 4 aliphatic rings. The smallest absolute Gasteiger partial charge is 0.252 e. The van der Waals surface area contributed by atoms with Crippen molar-refractivity contribution in [2.24, 2.45) is 0 Å². The van der Waals surface area contributed by atoms with Crippen LogP contribution in [0.15, 0.2) is 164 Å². The van der Waals surface area contributed by atoms with Crippen LogP contribution in [0, 0.1) is 13.8 Å². The number of fused-ring (bicyclic) bond motifs is 6. The van der Waals surface area contributed by atoms with E-state index in [4.69, 9.17) is 0 Å². The van der Waals surface area contributed by atoms with Gasteiger partial charge in [0.2, 0.25) is 0 Å². The lowest BCUT2D eigenvalue weighted by Gasteiger charge is -2.47. The number of para-hydroxylation sites is 2. The maximum absolute atomic E-state index is 2.74. The van der Waals surface area contributed by atoms with Crippen LogP contribution in [0.1, 0.15) is 134 Å². The van der Waals surface area contributed by atoms with Gasteiger partial charge in [-0.1, -0.05) is 161 Å². The van der Waals surface area contributed by atoms with Crippen molar-refractivity contribution < 1.29 is 0 Å². The van der Waals surface area contributed by atoms with Gasteiger partial charge in [-0.15, -0.1) is 0 Å². The maximum Gasteiger partial charge on any atom is 0.252 e. The Labute approximate surface area is 437 Å². The largest absolute Gasteiger partial charge is 0.311 e. The Balaban J connectivity index is 1.21. The highest BCUT2D eigenvalue weighted by molar-refractivity contribution is 7.00. The van der Waals surface area contributed by atoms with Gasteiger partial charge in [0.25, 0.3) is 6.71 Å². The van der Waals surface area contributed by atoms with Crippen molar-refractivity contribution in [1.82, 2.24) is 0 Å². The van der Waals surface area contributed by atoms with Crippen LogP contribution in [0.2, 0.25) is 0 Å². The summed E-state index contributed by atoms with van der Waals surface area (Å²) >= 11 is 0. The molecule has 2 aliphatic heterocycles. The molecule has 3 nitrogen and oxygen atoms in total. The Morgan fingerprint density at radius 2 is 0.890 bits per heavy atom. The molecule has 0 spiro atoms. The van der Waals surface area contributed by atoms with Crippen molar-refractivity contribution in [2.45, 2.75) is 136 Å². The molecule has 366 valence electrons. The summed E-state index contributed by atoms with van der Waals surface area (Å²) in [6.07, 6.45) is 3.46. The van der Waals surface area contributed by atoms with E-state index in [2.05, 4.69) is 269 Å². The number of aryl methyl sites for hydroxylation is 2. The van der Waals surface area contributed by atoms with E-state index >= 15 is 0 Å². The predicted molar refractivity (Wildman–Crippen MR) is 315 cm³/mol. The lowest BCUT2D eigenvalue weighted by molar-refractivity contribution is 0.332. The highest BCUT2D eigenvalue weighted by Gasteiger charge is 2.49. The SMILES string of the molecule is Cc1cc(-c2ccccc2)ccc1N1c2ccc(N(c3ccccc3)c3ccccc3)cc2B2c3cc4c(cc3N(c3cc5c(cc3C)C(C)(C)CCC5(C)C)c3cc(C(C)(C)C)cc1c32)C(C)(C)CC4(C)C. The van der Waals surface area contributed by atoms with Crippen LogP contribution in [-0.4, -0.2) is 6.71 Å². The number of anilines is 9. The van der Waals surface area contributed by atoms with Gasteiger partial charge in [0.15, 0.2) is 0 Å². The van der Waals surface area contributed by atoms with Crippen molar-refractivity contribution in [3.8, 4) is 11.1 Å². The summed E-state index contributed by atoms with van der Waals surface area (Å²) in [6.45, 7) is 31.6. The van der Waals surface area contributed by atoms with Gasteiger partial charge in [-0.25, -0.2) is 0 Å². The van der Waals surface area contributed by atoms with Gasteiger partial charge >= 0.3 is 0 Å². The Morgan fingerprint density at radius 1 is 0.411 bits per heavy atom. The molecule has 8 aromatic rings. The van der Waals surface area contributed by atoms with E-state index in [1.54, 1.807) is 0 Å². The third-order valence-corrected chi connectivity index (χ3v) is 17.6. The van der Waals surface area contributed by atoms with Gasteiger partial charge in [-0.2, -0.15) is 0 Å². The third kappa shape index (κ3) is 7.52. The first-order valence-corrected chi connectivity index (χ1v) is 27.0. The number of hydrogen-bond acceptors (Lipinski definition) is 3. The normalized spacial score (nSPS) is 17.3. The zero-order valence-corrected chi connectivity index (χ0v) is 45.6.